The highest BCUT2D eigenvalue weighted by atomic mass is 19.3. The van der Waals surface area contributed by atoms with Crippen molar-refractivity contribution < 1.29 is 13.5 Å². The summed E-state index contributed by atoms with van der Waals surface area (Å²) in [6, 6.07) is 0.378. The van der Waals surface area contributed by atoms with Gasteiger partial charge in [0.2, 0.25) is 0 Å². The summed E-state index contributed by atoms with van der Waals surface area (Å²) in [5.41, 5.74) is 0. The zero-order valence-corrected chi connectivity index (χ0v) is 8.34. The summed E-state index contributed by atoms with van der Waals surface area (Å²) in [4.78, 5) is 2.09. The fourth-order valence-corrected chi connectivity index (χ4v) is 2.01. The lowest BCUT2D eigenvalue weighted by atomic mass is 10.0. The molecule has 0 aliphatic carbocycles. The normalized spacial score (nSPS) is 30.7. The van der Waals surface area contributed by atoms with Gasteiger partial charge in [0.05, 0.1) is 6.10 Å². The average Bonchev–Trinajstić information content (AvgIpc) is 2.29. The Hall–Kier alpha value is -0.220. The van der Waals surface area contributed by atoms with E-state index >= 15 is 0 Å². The van der Waals surface area contributed by atoms with Crippen LogP contribution in [0.2, 0.25) is 0 Å². The Bertz CT molecular complexity index is 164. The molecule has 2 atom stereocenters. The van der Waals surface area contributed by atoms with E-state index in [1.807, 2.05) is 7.05 Å². The first-order valence-corrected chi connectivity index (χ1v) is 4.64. The molecule has 1 rings (SSSR count). The molecule has 0 aromatic carbocycles. The maximum atomic E-state index is 11.9. The molecule has 0 radical (unpaired) electrons. The SMILES string of the molecule is CC(C)[C@@H]1C[C@H](OC(F)F)CN1C. The molecule has 0 saturated carbocycles. The van der Waals surface area contributed by atoms with E-state index < -0.39 is 6.61 Å². The van der Waals surface area contributed by atoms with Crippen molar-refractivity contribution in [2.75, 3.05) is 13.6 Å². The Balaban J connectivity index is 2.40. The van der Waals surface area contributed by atoms with Crippen LogP contribution >= 0.6 is 0 Å². The number of likely N-dealkylation sites (N-methyl/N-ethyl adjacent to an activating group) is 1. The molecule has 0 spiro atoms. The molecular formula is C9H17F2NO. The van der Waals surface area contributed by atoms with Crippen LogP contribution in [-0.4, -0.2) is 37.2 Å². The number of rotatable bonds is 3. The lowest BCUT2D eigenvalue weighted by Crippen LogP contribution is -2.29. The molecule has 0 amide bonds. The first-order chi connectivity index (χ1) is 6.00. The lowest BCUT2D eigenvalue weighted by molar-refractivity contribution is -0.158. The quantitative estimate of drug-likeness (QED) is 0.679. The van der Waals surface area contributed by atoms with Crippen LogP contribution in [0.15, 0.2) is 0 Å². The summed E-state index contributed by atoms with van der Waals surface area (Å²) >= 11 is 0. The van der Waals surface area contributed by atoms with E-state index in [2.05, 4.69) is 23.5 Å². The second-order valence-corrected chi connectivity index (χ2v) is 4.01. The Morgan fingerprint density at radius 3 is 2.38 bits per heavy atom. The smallest absolute Gasteiger partial charge is 0.318 e. The number of ether oxygens (including phenoxy) is 1. The number of likely N-dealkylation sites (tertiary alicyclic amines) is 1. The van der Waals surface area contributed by atoms with Gasteiger partial charge in [-0.05, 0) is 19.4 Å². The highest BCUT2D eigenvalue weighted by Gasteiger charge is 2.33. The molecule has 1 saturated heterocycles. The van der Waals surface area contributed by atoms with E-state index in [1.54, 1.807) is 0 Å². The van der Waals surface area contributed by atoms with Crippen LogP contribution in [0.4, 0.5) is 8.78 Å². The molecular weight excluding hydrogens is 176 g/mol. The third kappa shape index (κ3) is 2.88. The average molecular weight is 193 g/mol. The molecule has 1 aliphatic rings. The number of halogens is 2. The van der Waals surface area contributed by atoms with Gasteiger partial charge in [-0.3, -0.25) is 0 Å². The van der Waals surface area contributed by atoms with Crippen LogP contribution in [0.1, 0.15) is 20.3 Å². The van der Waals surface area contributed by atoms with E-state index in [9.17, 15) is 8.78 Å². The molecule has 78 valence electrons. The predicted octanol–water partition coefficient (Wildman–Crippen LogP) is 1.95. The molecule has 0 aromatic heterocycles. The molecule has 0 bridgehead atoms. The van der Waals surface area contributed by atoms with Gasteiger partial charge in [-0.2, -0.15) is 8.78 Å². The molecule has 1 heterocycles. The molecule has 0 N–H and O–H groups in total. The first kappa shape index (κ1) is 10.9. The monoisotopic (exact) mass is 193 g/mol. The van der Waals surface area contributed by atoms with Crippen LogP contribution in [0, 0.1) is 5.92 Å². The van der Waals surface area contributed by atoms with Crippen LogP contribution < -0.4 is 0 Å². The van der Waals surface area contributed by atoms with Gasteiger partial charge in [0.25, 0.3) is 0 Å². The van der Waals surface area contributed by atoms with Crippen molar-refractivity contribution in [3.63, 3.8) is 0 Å². The fourth-order valence-electron chi connectivity index (χ4n) is 2.01. The summed E-state index contributed by atoms with van der Waals surface area (Å²) in [6.07, 6.45) is 0.427. The Labute approximate surface area is 77.9 Å². The van der Waals surface area contributed by atoms with Crippen LogP contribution in [0.25, 0.3) is 0 Å². The highest BCUT2D eigenvalue weighted by Crippen LogP contribution is 2.25. The number of nitrogens with zero attached hydrogens (tertiary/aromatic N) is 1. The van der Waals surface area contributed by atoms with E-state index in [1.165, 1.54) is 0 Å². The minimum Gasteiger partial charge on any atom is -0.318 e. The van der Waals surface area contributed by atoms with Gasteiger partial charge in [-0.25, -0.2) is 0 Å². The fraction of sp³-hybridized carbons (Fsp3) is 1.00. The van der Waals surface area contributed by atoms with Gasteiger partial charge in [0, 0.05) is 12.6 Å². The number of hydrogen-bond acceptors (Lipinski definition) is 2. The highest BCUT2D eigenvalue weighted by molar-refractivity contribution is 4.85. The number of hydrogen-bond donors (Lipinski definition) is 0. The maximum Gasteiger partial charge on any atom is 0.345 e. The van der Waals surface area contributed by atoms with Crippen molar-refractivity contribution in [1.29, 1.82) is 0 Å². The zero-order chi connectivity index (χ0) is 10.0. The van der Waals surface area contributed by atoms with E-state index in [-0.39, 0.29) is 6.10 Å². The Morgan fingerprint density at radius 1 is 1.38 bits per heavy atom. The van der Waals surface area contributed by atoms with Gasteiger partial charge in [0.15, 0.2) is 0 Å². The summed E-state index contributed by atoms with van der Waals surface area (Å²) in [6.45, 7) is 2.19. The predicted molar refractivity (Wildman–Crippen MR) is 46.8 cm³/mol. The second kappa shape index (κ2) is 4.33. The molecule has 1 aliphatic heterocycles. The first-order valence-electron chi connectivity index (χ1n) is 4.64. The van der Waals surface area contributed by atoms with E-state index in [0.29, 0.717) is 18.5 Å². The molecule has 13 heavy (non-hydrogen) atoms. The largest absolute Gasteiger partial charge is 0.345 e. The summed E-state index contributed by atoms with van der Waals surface area (Å²) in [5, 5.41) is 0. The van der Waals surface area contributed by atoms with Crippen LogP contribution in [-0.2, 0) is 4.74 Å². The lowest BCUT2D eigenvalue weighted by Gasteiger charge is -2.22. The van der Waals surface area contributed by atoms with Gasteiger partial charge < -0.3 is 9.64 Å². The van der Waals surface area contributed by atoms with Gasteiger partial charge >= 0.3 is 6.61 Å². The summed E-state index contributed by atoms with van der Waals surface area (Å²) in [5.74, 6) is 0.497. The van der Waals surface area contributed by atoms with E-state index in [0.717, 1.165) is 6.42 Å². The van der Waals surface area contributed by atoms with Crippen LogP contribution in [0.5, 0.6) is 0 Å². The Morgan fingerprint density at radius 2 is 2.00 bits per heavy atom. The third-order valence-corrected chi connectivity index (χ3v) is 2.63. The molecule has 2 nitrogen and oxygen atoms in total. The number of alkyl halides is 2. The summed E-state index contributed by atoms with van der Waals surface area (Å²) < 4.78 is 28.3. The standard InChI is InChI=1S/C9H17F2NO/c1-6(2)8-4-7(5-12(8)3)13-9(10)11/h6-9H,4-5H2,1-3H3/t7-,8-/m0/s1. The third-order valence-electron chi connectivity index (χ3n) is 2.63. The van der Waals surface area contributed by atoms with Crippen molar-refractivity contribution >= 4 is 0 Å². The van der Waals surface area contributed by atoms with Crippen LogP contribution in [0.3, 0.4) is 0 Å². The van der Waals surface area contributed by atoms with Crippen molar-refractivity contribution in [3.05, 3.63) is 0 Å². The minimum absolute atomic E-state index is 0.294. The van der Waals surface area contributed by atoms with Gasteiger partial charge in [-0.15, -0.1) is 0 Å². The minimum atomic E-state index is -2.63. The molecule has 0 aromatic rings. The summed E-state index contributed by atoms with van der Waals surface area (Å²) in [7, 11) is 1.96. The zero-order valence-electron chi connectivity index (χ0n) is 8.34. The molecule has 1 fully saturated rings. The van der Waals surface area contributed by atoms with Gasteiger partial charge in [-0.1, -0.05) is 13.8 Å². The molecule has 0 unspecified atom stereocenters. The second-order valence-electron chi connectivity index (χ2n) is 4.01. The molecule has 4 heteroatoms. The van der Waals surface area contributed by atoms with Crippen molar-refractivity contribution in [2.45, 2.75) is 39.0 Å². The van der Waals surface area contributed by atoms with Crippen molar-refractivity contribution in [2.24, 2.45) is 5.92 Å². The topological polar surface area (TPSA) is 12.5 Å². The van der Waals surface area contributed by atoms with E-state index in [4.69, 9.17) is 0 Å². The van der Waals surface area contributed by atoms with Gasteiger partial charge in [0.1, 0.15) is 0 Å². The van der Waals surface area contributed by atoms with Crippen molar-refractivity contribution in [3.8, 4) is 0 Å². The maximum absolute atomic E-state index is 11.9. The Kier molecular flexibility index (Phi) is 3.62. The van der Waals surface area contributed by atoms with Crippen molar-refractivity contribution in [1.82, 2.24) is 4.90 Å².